The van der Waals surface area contributed by atoms with E-state index in [1.165, 1.54) is 16.7 Å². The number of nitrogens with zero attached hydrogens (tertiary/aromatic N) is 3. The summed E-state index contributed by atoms with van der Waals surface area (Å²) in [6.45, 7) is 8.15. The molecule has 0 aliphatic heterocycles. The van der Waals surface area contributed by atoms with Crippen LogP contribution in [0.2, 0.25) is 0 Å². The minimum absolute atomic E-state index is 0.0294. The van der Waals surface area contributed by atoms with Gasteiger partial charge in [0.2, 0.25) is 11.3 Å². The molecular formula is C21H29N5O5S3. The average Bonchev–Trinajstić information content (AvgIpc) is 3.20. The molecule has 1 aliphatic rings. The fourth-order valence-electron chi connectivity index (χ4n) is 3.45. The number of thiophene rings is 1. The van der Waals surface area contributed by atoms with Crippen LogP contribution in [0.15, 0.2) is 31.3 Å². The van der Waals surface area contributed by atoms with Gasteiger partial charge in [-0.3, -0.25) is 0 Å². The number of furan rings is 1. The van der Waals surface area contributed by atoms with E-state index in [4.69, 9.17) is 9.41 Å². The van der Waals surface area contributed by atoms with E-state index in [-0.39, 0.29) is 39.2 Å². The first-order chi connectivity index (χ1) is 16.0. The maximum absolute atomic E-state index is 12.9. The van der Waals surface area contributed by atoms with Gasteiger partial charge < -0.3 is 19.4 Å². The van der Waals surface area contributed by atoms with Gasteiger partial charge in [-0.25, -0.2) is 13.4 Å². The Balaban J connectivity index is 1.66. The van der Waals surface area contributed by atoms with Crippen LogP contribution in [0.3, 0.4) is 0 Å². The highest BCUT2D eigenvalue weighted by molar-refractivity contribution is 7.91. The number of H-pyrrole nitrogens is 1. The smallest absolute Gasteiger partial charge is 0.256 e. The van der Waals surface area contributed by atoms with Crippen LogP contribution in [0.1, 0.15) is 63.8 Å². The minimum atomic E-state index is -3.81. The normalized spacial score (nSPS) is 16.7. The van der Waals surface area contributed by atoms with Crippen molar-refractivity contribution in [3.8, 4) is 5.75 Å². The van der Waals surface area contributed by atoms with Crippen LogP contribution in [0.5, 0.6) is 5.75 Å². The van der Waals surface area contributed by atoms with E-state index in [1.54, 1.807) is 6.26 Å². The van der Waals surface area contributed by atoms with Crippen molar-refractivity contribution < 1.29 is 22.5 Å². The zero-order valence-electron chi connectivity index (χ0n) is 19.6. The molecule has 0 bridgehead atoms. The molecule has 1 unspecified atom stereocenters. The molecule has 3 aromatic rings. The van der Waals surface area contributed by atoms with Crippen molar-refractivity contribution in [3.63, 3.8) is 0 Å². The Morgan fingerprint density at radius 1 is 1.38 bits per heavy atom. The van der Waals surface area contributed by atoms with Gasteiger partial charge in [0.1, 0.15) is 11.8 Å². The van der Waals surface area contributed by atoms with Crippen LogP contribution in [0.4, 0.5) is 11.5 Å². The van der Waals surface area contributed by atoms with Crippen LogP contribution >= 0.6 is 22.5 Å². The fourth-order valence-corrected chi connectivity index (χ4v) is 6.93. The molecule has 186 valence electrons. The lowest BCUT2D eigenvalue weighted by Gasteiger charge is -2.15. The molecule has 0 amide bonds. The topological polar surface area (TPSA) is 147 Å². The third-order valence-electron chi connectivity index (χ3n) is 5.74. The van der Waals surface area contributed by atoms with E-state index < -0.39 is 26.9 Å². The van der Waals surface area contributed by atoms with Gasteiger partial charge in [0.15, 0.2) is 21.1 Å². The first kappa shape index (κ1) is 24.9. The minimum Gasteiger partial charge on any atom is -0.548 e. The highest BCUT2D eigenvalue weighted by Gasteiger charge is 2.38. The first-order valence-electron chi connectivity index (χ1n) is 11.0. The molecule has 1 aliphatic carbocycles. The number of hydrogen-bond acceptors (Lipinski definition) is 9. The number of nitrogens with one attached hydrogen (secondary N) is 2. The molecule has 0 aromatic carbocycles. The number of sulfonamides is 1. The lowest BCUT2D eigenvalue weighted by Crippen LogP contribution is -2.28. The molecule has 2 atom stereocenters. The zero-order valence-corrected chi connectivity index (χ0v) is 22.1. The number of aromatic nitrogens is 2. The molecule has 3 N–H and O–H groups in total. The van der Waals surface area contributed by atoms with Gasteiger partial charge in [-0.15, -0.1) is 15.7 Å². The van der Waals surface area contributed by atoms with Crippen LogP contribution in [-0.4, -0.2) is 44.2 Å². The largest absolute Gasteiger partial charge is 0.548 e. The summed E-state index contributed by atoms with van der Waals surface area (Å²) in [6, 6.07) is 1.57. The van der Waals surface area contributed by atoms with Crippen molar-refractivity contribution in [2.45, 2.75) is 62.7 Å². The highest BCUT2D eigenvalue weighted by Crippen LogP contribution is 2.42. The van der Waals surface area contributed by atoms with Gasteiger partial charge in [-0.1, -0.05) is 27.7 Å². The van der Waals surface area contributed by atoms with Crippen molar-refractivity contribution in [1.82, 2.24) is 13.1 Å². The lowest BCUT2D eigenvalue weighted by atomic mass is 10.0. The van der Waals surface area contributed by atoms with Crippen molar-refractivity contribution >= 4 is 44.0 Å². The molecule has 0 radical (unpaired) electrons. The molecule has 4 rings (SSSR count). The molecule has 3 aromatic heterocycles. The van der Waals surface area contributed by atoms with Gasteiger partial charge in [0, 0.05) is 22.8 Å². The summed E-state index contributed by atoms with van der Waals surface area (Å²) in [6.07, 6.45) is 3.34. The third-order valence-corrected chi connectivity index (χ3v) is 9.86. The van der Waals surface area contributed by atoms with Gasteiger partial charge in [0.25, 0.3) is 10.0 Å². The van der Waals surface area contributed by atoms with Crippen molar-refractivity contribution in [2.75, 3.05) is 12.4 Å². The standard InChI is InChI=1S/C21H29N5O5S3/c1-11(2)13-8-16(31-9-13)17(12(3)4)23-20-19(24-33(28)25-20)22-15-10-32-21(18(15)27)34(29,30)26(5)14-6-7-14/h8-12,14,17,27H,6-7H2,1-5H3,(H,22,24)(H,23,25)/t17-,33?/m1/s1. The predicted octanol–water partition coefficient (Wildman–Crippen LogP) is 4.45. The third kappa shape index (κ3) is 4.93. The van der Waals surface area contributed by atoms with Gasteiger partial charge in [0.05, 0.1) is 12.0 Å². The second-order valence-electron chi connectivity index (χ2n) is 9.06. The Morgan fingerprint density at radius 2 is 2.09 bits per heavy atom. The number of aromatic hydroxyl groups is 1. The summed E-state index contributed by atoms with van der Waals surface area (Å²) in [5.74, 6) is 0.803. The molecular weight excluding hydrogens is 498 g/mol. The summed E-state index contributed by atoms with van der Waals surface area (Å²) in [5, 5.41) is 15.1. The average molecular weight is 528 g/mol. The van der Waals surface area contributed by atoms with E-state index in [9.17, 15) is 18.1 Å². The maximum Gasteiger partial charge on any atom is 0.256 e. The number of aromatic amines is 1. The summed E-state index contributed by atoms with van der Waals surface area (Å²) in [5.41, 5.74) is 1.45. The van der Waals surface area contributed by atoms with E-state index in [0.29, 0.717) is 11.7 Å². The Morgan fingerprint density at radius 3 is 2.68 bits per heavy atom. The SMILES string of the molecule is CC(C)c1coc([C@H](N=c2[nH][s+]([O-])nc2Nc2csc(S(=O)(=O)N(C)C3CC3)c2O)C(C)C)c1. The van der Waals surface area contributed by atoms with Gasteiger partial charge in [-0.05, 0) is 36.3 Å². The predicted molar refractivity (Wildman–Crippen MR) is 130 cm³/mol. The van der Waals surface area contributed by atoms with Gasteiger partial charge >= 0.3 is 0 Å². The molecule has 3 heterocycles. The summed E-state index contributed by atoms with van der Waals surface area (Å²) in [4.78, 5) is 4.71. The highest BCUT2D eigenvalue weighted by atomic mass is 32.2. The van der Waals surface area contributed by atoms with Crippen LogP contribution in [-0.2, 0) is 10.0 Å². The monoisotopic (exact) mass is 527 g/mol. The van der Waals surface area contributed by atoms with E-state index in [0.717, 1.165) is 29.7 Å². The number of hydrogen-bond donors (Lipinski definition) is 3. The molecule has 1 fully saturated rings. The molecule has 13 heteroatoms. The lowest BCUT2D eigenvalue weighted by molar-refractivity contribution is 0.398. The van der Waals surface area contributed by atoms with Crippen molar-refractivity contribution in [2.24, 2.45) is 10.9 Å². The van der Waals surface area contributed by atoms with Crippen LogP contribution < -0.4 is 10.8 Å². The Bertz CT molecular complexity index is 1330. The first-order valence-corrected chi connectivity index (χ1v) is 14.4. The van der Waals surface area contributed by atoms with E-state index >= 15 is 0 Å². The van der Waals surface area contributed by atoms with Crippen molar-refractivity contribution in [3.05, 3.63) is 34.5 Å². The van der Waals surface area contributed by atoms with E-state index in [2.05, 4.69) is 27.9 Å². The molecule has 0 saturated heterocycles. The van der Waals surface area contributed by atoms with Crippen LogP contribution in [0.25, 0.3) is 0 Å². The summed E-state index contributed by atoms with van der Waals surface area (Å²) >= 11 is -0.843. The van der Waals surface area contributed by atoms with E-state index in [1.807, 2.05) is 19.9 Å². The summed E-state index contributed by atoms with van der Waals surface area (Å²) in [7, 11) is -2.29. The van der Waals surface area contributed by atoms with Crippen molar-refractivity contribution in [1.29, 1.82) is 0 Å². The second-order valence-corrected chi connectivity index (χ2v) is 13.0. The Hall–Kier alpha value is -2.19. The quantitative estimate of drug-likeness (QED) is 0.348. The Labute approximate surface area is 205 Å². The zero-order chi connectivity index (χ0) is 24.8. The second kappa shape index (κ2) is 9.46. The number of rotatable bonds is 9. The number of anilines is 2. The fraction of sp³-hybridized carbons (Fsp3) is 0.524. The summed E-state index contributed by atoms with van der Waals surface area (Å²) < 4.78 is 51.5. The molecule has 34 heavy (non-hydrogen) atoms. The van der Waals surface area contributed by atoms with Gasteiger partial charge in [-0.2, -0.15) is 4.31 Å². The maximum atomic E-state index is 12.9. The molecule has 1 saturated carbocycles. The molecule has 0 spiro atoms. The Kier molecular flexibility index (Phi) is 6.93. The molecule has 10 nitrogen and oxygen atoms in total. The van der Waals surface area contributed by atoms with Crippen LogP contribution in [0, 0.1) is 5.92 Å².